The molecule has 156 valence electrons. The van der Waals surface area contributed by atoms with E-state index in [0.29, 0.717) is 37.5 Å². The van der Waals surface area contributed by atoms with E-state index in [1.165, 1.54) is 4.57 Å². The number of hydrogen-bond acceptors (Lipinski definition) is 4. The number of aryl methyl sites for hydroxylation is 1. The van der Waals surface area contributed by atoms with E-state index in [4.69, 9.17) is 23.2 Å². The van der Waals surface area contributed by atoms with E-state index in [0.717, 1.165) is 17.3 Å². The van der Waals surface area contributed by atoms with Crippen LogP contribution in [0.1, 0.15) is 5.56 Å². The number of halogens is 2. The number of benzene rings is 3. The quantitative estimate of drug-likeness (QED) is 0.299. The van der Waals surface area contributed by atoms with Gasteiger partial charge in [-0.2, -0.15) is 0 Å². The molecule has 0 saturated heterocycles. The molecule has 3 aromatic carbocycles. The molecule has 1 heterocycles. The molecule has 1 N–H and O–H groups in total. The maximum Gasteiger partial charge on any atom is 0.266 e. The zero-order valence-corrected chi connectivity index (χ0v) is 18.8. The average molecular weight is 470 g/mol. The third-order valence-corrected chi connectivity index (χ3v) is 6.04. The van der Waals surface area contributed by atoms with Crippen molar-refractivity contribution in [3.8, 4) is 5.69 Å². The van der Waals surface area contributed by atoms with E-state index in [2.05, 4.69) is 10.3 Å². The topological polar surface area (TPSA) is 64.0 Å². The largest absolute Gasteiger partial charge is 0.325 e. The normalized spacial score (nSPS) is 10.9. The van der Waals surface area contributed by atoms with E-state index in [9.17, 15) is 9.59 Å². The second kappa shape index (κ2) is 9.14. The second-order valence-electron chi connectivity index (χ2n) is 6.85. The van der Waals surface area contributed by atoms with Crippen molar-refractivity contribution in [3.63, 3.8) is 0 Å². The third kappa shape index (κ3) is 4.77. The second-order valence-corrected chi connectivity index (χ2v) is 8.64. The Morgan fingerprint density at radius 3 is 2.55 bits per heavy atom. The van der Waals surface area contributed by atoms with E-state index in [1.807, 2.05) is 37.3 Å². The number of hydrogen-bond donors (Lipinski definition) is 1. The fourth-order valence-electron chi connectivity index (χ4n) is 3.05. The first-order valence-electron chi connectivity index (χ1n) is 9.39. The molecule has 4 rings (SSSR count). The summed E-state index contributed by atoms with van der Waals surface area (Å²) in [6, 6.07) is 19.5. The summed E-state index contributed by atoms with van der Waals surface area (Å²) in [5.74, 6) is -0.130. The molecular formula is C23H17Cl2N3O2S. The summed E-state index contributed by atoms with van der Waals surface area (Å²) in [6.07, 6.45) is 0. The number of fused-ring (bicyclic) bond motifs is 1. The first-order chi connectivity index (χ1) is 14.9. The Kier molecular flexibility index (Phi) is 6.32. The van der Waals surface area contributed by atoms with Gasteiger partial charge in [0.25, 0.3) is 5.56 Å². The van der Waals surface area contributed by atoms with Crippen LogP contribution in [-0.2, 0) is 4.79 Å². The fourth-order valence-corrected chi connectivity index (χ4v) is 4.35. The summed E-state index contributed by atoms with van der Waals surface area (Å²) in [5.41, 5.74) is 2.56. The Bertz CT molecular complexity index is 1340. The van der Waals surface area contributed by atoms with Crippen molar-refractivity contribution >= 4 is 57.5 Å². The van der Waals surface area contributed by atoms with Crippen LogP contribution >= 0.6 is 35.0 Å². The molecule has 5 nitrogen and oxygen atoms in total. The summed E-state index contributed by atoms with van der Waals surface area (Å²) < 4.78 is 1.42. The summed E-state index contributed by atoms with van der Waals surface area (Å²) in [4.78, 5) is 30.4. The first kappa shape index (κ1) is 21.4. The predicted octanol–water partition coefficient (Wildman–Crippen LogP) is 5.73. The Morgan fingerprint density at radius 1 is 1.06 bits per heavy atom. The number of rotatable bonds is 5. The number of anilines is 1. The minimum Gasteiger partial charge on any atom is -0.325 e. The highest BCUT2D eigenvalue weighted by Gasteiger charge is 2.17. The van der Waals surface area contributed by atoms with Crippen molar-refractivity contribution in [1.82, 2.24) is 9.55 Å². The Balaban J connectivity index is 1.69. The van der Waals surface area contributed by atoms with Crippen molar-refractivity contribution in [3.05, 3.63) is 92.7 Å². The molecule has 0 unspecified atom stereocenters. The van der Waals surface area contributed by atoms with Crippen LogP contribution < -0.4 is 10.9 Å². The minimum absolute atomic E-state index is 0.0733. The molecule has 0 spiro atoms. The van der Waals surface area contributed by atoms with Crippen LogP contribution in [0.15, 0.2) is 76.7 Å². The molecule has 0 saturated carbocycles. The average Bonchev–Trinajstić information content (AvgIpc) is 2.75. The number of thioether (sulfide) groups is 1. The Hall–Kier alpha value is -2.80. The SMILES string of the molecule is Cc1ccc(NC(=O)CSc2nc3ccccc3c(=O)n2-c2ccc(Cl)cc2Cl)cc1. The lowest BCUT2D eigenvalue weighted by Crippen LogP contribution is -2.23. The number of carbonyl (C=O) groups excluding carboxylic acids is 1. The lowest BCUT2D eigenvalue weighted by molar-refractivity contribution is -0.113. The molecule has 0 aliphatic carbocycles. The highest BCUT2D eigenvalue weighted by atomic mass is 35.5. The molecule has 0 atom stereocenters. The zero-order chi connectivity index (χ0) is 22.0. The minimum atomic E-state index is -0.267. The van der Waals surface area contributed by atoms with Gasteiger partial charge < -0.3 is 5.32 Å². The van der Waals surface area contributed by atoms with Crippen molar-refractivity contribution in [1.29, 1.82) is 0 Å². The smallest absolute Gasteiger partial charge is 0.266 e. The number of carbonyl (C=O) groups is 1. The highest BCUT2D eigenvalue weighted by Crippen LogP contribution is 2.28. The fraction of sp³-hybridized carbons (Fsp3) is 0.0870. The third-order valence-electron chi connectivity index (χ3n) is 4.56. The molecule has 0 aliphatic rings. The van der Waals surface area contributed by atoms with Crippen molar-refractivity contribution < 1.29 is 4.79 Å². The van der Waals surface area contributed by atoms with E-state index in [1.54, 1.807) is 36.4 Å². The van der Waals surface area contributed by atoms with Gasteiger partial charge in [-0.3, -0.25) is 14.2 Å². The molecule has 8 heteroatoms. The van der Waals surface area contributed by atoms with Crippen molar-refractivity contribution in [2.24, 2.45) is 0 Å². The van der Waals surface area contributed by atoms with Crippen molar-refractivity contribution in [2.45, 2.75) is 12.1 Å². The highest BCUT2D eigenvalue weighted by molar-refractivity contribution is 7.99. The molecule has 0 radical (unpaired) electrons. The zero-order valence-electron chi connectivity index (χ0n) is 16.4. The molecule has 0 bridgehead atoms. The number of nitrogens with one attached hydrogen (secondary N) is 1. The monoisotopic (exact) mass is 469 g/mol. The van der Waals surface area contributed by atoms with Crippen LogP contribution in [0.3, 0.4) is 0 Å². The van der Waals surface area contributed by atoms with Gasteiger partial charge in [0.15, 0.2) is 5.16 Å². The van der Waals surface area contributed by atoms with Crippen LogP contribution in [0.2, 0.25) is 10.0 Å². The molecule has 4 aromatic rings. The molecular weight excluding hydrogens is 453 g/mol. The standard InChI is InChI=1S/C23H17Cl2N3O2S/c1-14-6-9-16(10-7-14)26-21(29)13-31-23-27-19-5-3-2-4-17(19)22(30)28(23)20-11-8-15(24)12-18(20)25/h2-12H,13H2,1H3,(H,26,29). The lowest BCUT2D eigenvalue weighted by atomic mass is 10.2. The van der Waals surface area contributed by atoms with Crippen LogP contribution in [0, 0.1) is 6.92 Å². The molecule has 1 amide bonds. The first-order valence-corrected chi connectivity index (χ1v) is 11.1. The van der Waals surface area contributed by atoms with Crippen LogP contribution in [-0.4, -0.2) is 21.2 Å². The Morgan fingerprint density at radius 2 is 1.81 bits per heavy atom. The number of amides is 1. The van der Waals surface area contributed by atoms with Crippen LogP contribution in [0.5, 0.6) is 0 Å². The molecule has 0 fully saturated rings. The van der Waals surface area contributed by atoms with Gasteiger partial charge in [0, 0.05) is 10.7 Å². The van der Waals surface area contributed by atoms with E-state index < -0.39 is 0 Å². The number of para-hydroxylation sites is 1. The molecule has 1 aromatic heterocycles. The summed E-state index contributed by atoms with van der Waals surface area (Å²) >= 11 is 13.6. The van der Waals surface area contributed by atoms with E-state index >= 15 is 0 Å². The maximum atomic E-state index is 13.3. The Labute approximate surface area is 193 Å². The van der Waals surface area contributed by atoms with Crippen LogP contribution in [0.25, 0.3) is 16.6 Å². The maximum absolute atomic E-state index is 13.3. The van der Waals surface area contributed by atoms with E-state index in [-0.39, 0.29) is 17.2 Å². The summed E-state index contributed by atoms with van der Waals surface area (Å²) in [7, 11) is 0. The van der Waals surface area contributed by atoms with Crippen LogP contribution in [0.4, 0.5) is 5.69 Å². The predicted molar refractivity (Wildman–Crippen MR) is 128 cm³/mol. The van der Waals surface area contributed by atoms with Gasteiger partial charge >= 0.3 is 0 Å². The van der Waals surface area contributed by atoms with Gasteiger partial charge in [-0.25, -0.2) is 4.98 Å². The van der Waals surface area contributed by atoms with Gasteiger partial charge in [-0.05, 0) is 49.4 Å². The van der Waals surface area contributed by atoms with Gasteiger partial charge in [0.05, 0.1) is 27.4 Å². The number of nitrogens with zero attached hydrogens (tertiary/aromatic N) is 2. The summed E-state index contributed by atoms with van der Waals surface area (Å²) in [6.45, 7) is 1.98. The summed E-state index contributed by atoms with van der Waals surface area (Å²) in [5, 5.41) is 4.46. The van der Waals surface area contributed by atoms with Crippen molar-refractivity contribution in [2.75, 3.05) is 11.1 Å². The number of aromatic nitrogens is 2. The van der Waals surface area contributed by atoms with Gasteiger partial charge in [0.2, 0.25) is 5.91 Å². The lowest BCUT2D eigenvalue weighted by Gasteiger charge is -2.14. The molecule has 31 heavy (non-hydrogen) atoms. The van der Waals surface area contributed by atoms with Gasteiger partial charge in [-0.15, -0.1) is 0 Å². The van der Waals surface area contributed by atoms with Gasteiger partial charge in [0.1, 0.15) is 0 Å². The van der Waals surface area contributed by atoms with Gasteiger partial charge in [-0.1, -0.05) is 64.8 Å². The molecule has 0 aliphatic heterocycles.